The molecular weight excluding hydrogens is 292 g/mol. The van der Waals surface area contributed by atoms with E-state index in [1.165, 1.54) is 0 Å². The van der Waals surface area contributed by atoms with Crippen LogP contribution in [0, 0.1) is 17.6 Å². The standard InChI is InChI=1S/C16H21F2NO3/c1-16(2,3)22-14-12(17)8-11(9-13(14)18)19-15(20)10-4-6-21-7-5-10/h8-10H,4-7H2,1-3H3,(H,19,20). The van der Waals surface area contributed by atoms with Gasteiger partial charge in [-0.2, -0.15) is 0 Å². The largest absolute Gasteiger partial charge is 0.482 e. The quantitative estimate of drug-likeness (QED) is 0.929. The molecule has 0 aromatic heterocycles. The zero-order valence-electron chi connectivity index (χ0n) is 13.0. The SMILES string of the molecule is CC(C)(C)Oc1c(F)cc(NC(=O)C2CCOCC2)cc1F. The summed E-state index contributed by atoms with van der Waals surface area (Å²) in [7, 11) is 0. The molecular formula is C16H21F2NO3. The van der Waals surface area contributed by atoms with Crippen molar-refractivity contribution >= 4 is 11.6 Å². The van der Waals surface area contributed by atoms with E-state index >= 15 is 0 Å². The van der Waals surface area contributed by atoms with Gasteiger partial charge in [-0.3, -0.25) is 4.79 Å². The van der Waals surface area contributed by atoms with Crippen molar-refractivity contribution in [2.75, 3.05) is 18.5 Å². The van der Waals surface area contributed by atoms with Crippen LogP contribution in [0.1, 0.15) is 33.6 Å². The van der Waals surface area contributed by atoms with Crippen LogP contribution in [0.15, 0.2) is 12.1 Å². The summed E-state index contributed by atoms with van der Waals surface area (Å²) < 4.78 is 38.4. The summed E-state index contributed by atoms with van der Waals surface area (Å²) in [5.74, 6) is -2.54. The number of carbonyl (C=O) groups excluding carboxylic acids is 1. The average Bonchev–Trinajstić information content (AvgIpc) is 2.43. The molecule has 0 unspecified atom stereocenters. The number of amides is 1. The molecule has 0 bridgehead atoms. The molecule has 1 aliphatic heterocycles. The van der Waals surface area contributed by atoms with Crippen molar-refractivity contribution < 1.29 is 23.0 Å². The highest BCUT2D eigenvalue weighted by Crippen LogP contribution is 2.29. The maximum Gasteiger partial charge on any atom is 0.227 e. The van der Waals surface area contributed by atoms with E-state index in [1.54, 1.807) is 20.8 Å². The second-order valence-electron chi connectivity index (χ2n) is 6.36. The highest BCUT2D eigenvalue weighted by atomic mass is 19.1. The minimum atomic E-state index is -0.836. The Kier molecular flexibility index (Phi) is 5.01. The number of ether oxygens (including phenoxy) is 2. The van der Waals surface area contributed by atoms with E-state index in [9.17, 15) is 13.6 Å². The van der Waals surface area contributed by atoms with Crippen molar-refractivity contribution in [3.8, 4) is 5.75 Å². The highest BCUT2D eigenvalue weighted by Gasteiger charge is 2.24. The zero-order valence-corrected chi connectivity index (χ0v) is 13.0. The van der Waals surface area contributed by atoms with E-state index in [1.807, 2.05) is 0 Å². The van der Waals surface area contributed by atoms with Crippen LogP contribution in [0.4, 0.5) is 14.5 Å². The van der Waals surface area contributed by atoms with Gasteiger partial charge in [0.25, 0.3) is 0 Å². The Morgan fingerprint density at radius 3 is 2.27 bits per heavy atom. The van der Waals surface area contributed by atoms with Gasteiger partial charge >= 0.3 is 0 Å². The van der Waals surface area contributed by atoms with E-state index < -0.39 is 23.0 Å². The van der Waals surface area contributed by atoms with Crippen molar-refractivity contribution in [3.63, 3.8) is 0 Å². The molecule has 22 heavy (non-hydrogen) atoms. The van der Waals surface area contributed by atoms with Gasteiger partial charge in [-0.15, -0.1) is 0 Å². The summed E-state index contributed by atoms with van der Waals surface area (Å²) in [6.45, 7) is 6.16. The molecule has 0 atom stereocenters. The second kappa shape index (κ2) is 6.60. The summed E-state index contributed by atoms with van der Waals surface area (Å²) in [6.07, 6.45) is 1.23. The Bertz CT molecular complexity index is 526. The first-order valence-corrected chi connectivity index (χ1v) is 7.33. The molecule has 122 valence electrons. The Hall–Kier alpha value is -1.69. The monoisotopic (exact) mass is 313 g/mol. The fraction of sp³-hybridized carbons (Fsp3) is 0.562. The zero-order chi connectivity index (χ0) is 16.3. The van der Waals surface area contributed by atoms with Crippen LogP contribution in [0.5, 0.6) is 5.75 Å². The molecule has 1 N–H and O–H groups in total. The second-order valence-corrected chi connectivity index (χ2v) is 6.36. The lowest BCUT2D eigenvalue weighted by molar-refractivity contribution is -0.122. The predicted octanol–water partition coefficient (Wildman–Crippen LogP) is 3.51. The number of hydrogen-bond donors (Lipinski definition) is 1. The van der Waals surface area contributed by atoms with Gasteiger partial charge in [-0.1, -0.05) is 0 Å². The summed E-state index contributed by atoms with van der Waals surface area (Å²) in [5.41, 5.74) is -0.623. The molecule has 1 aromatic rings. The van der Waals surface area contributed by atoms with Crippen LogP contribution in [0.3, 0.4) is 0 Å². The molecule has 1 aromatic carbocycles. The normalized spacial score (nSPS) is 16.4. The molecule has 1 fully saturated rings. The molecule has 0 radical (unpaired) electrons. The lowest BCUT2D eigenvalue weighted by atomic mass is 9.99. The summed E-state index contributed by atoms with van der Waals surface area (Å²) in [4.78, 5) is 12.1. The molecule has 4 nitrogen and oxygen atoms in total. The van der Waals surface area contributed by atoms with Gasteiger partial charge in [0.05, 0.1) is 0 Å². The van der Waals surface area contributed by atoms with Crippen molar-refractivity contribution in [2.24, 2.45) is 5.92 Å². The Morgan fingerprint density at radius 2 is 1.77 bits per heavy atom. The van der Waals surface area contributed by atoms with Gasteiger partial charge in [0.1, 0.15) is 5.60 Å². The molecule has 0 spiro atoms. The third-order valence-corrected chi connectivity index (χ3v) is 3.27. The van der Waals surface area contributed by atoms with Crippen molar-refractivity contribution in [2.45, 2.75) is 39.2 Å². The van der Waals surface area contributed by atoms with E-state index in [-0.39, 0.29) is 17.5 Å². The first-order valence-electron chi connectivity index (χ1n) is 7.33. The molecule has 1 saturated heterocycles. The van der Waals surface area contributed by atoms with Gasteiger partial charge in [0.15, 0.2) is 17.4 Å². The number of anilines is 1. The Balaban J connectivity index is 2.11. The number of halogens is 2. The Labute approximate surface area is 128 Å². The summed E-state index contributed by atoms with van der Waals surface area (Å²) >= 11 is 0. The number of nitrogens with one attached hydrogen (secondary N) is 1. The van der Waals surface area contributed by atoms with Crippen LogP contribution in [-0.4, -0.2) is 24.7 Å². The smallest absolute Gasteiger partial charge is 0.227 e. The minimum Gasteiger partial charge on any atom is -0.482 e. The maximum atomic E-state index is 14.0. The molecule has 6 heteroatoms. The van der Waals surface area contributed by atoms with Crippen LogP contribution in [0.2, 0.25) is 0 Å². The first-order chi connectivity index (χ1) is 10.3. The van der Waals surface area contributed by atoms with Crippen molar-refractivity contribution in [3.05, 3.63) is 23.8 Å². The predicted molar refractivity (Wildman–Crippen MR) is 78.9 cm³/mol. The van der Waals surface area contributed by atoms with Gasteiger partial charge in [0, 0.05) is 37.0 Å². The third-order valence-electron chi connectivity index (χ3n) is 3.27. The van der Waals surface area contributed by atoms with Crippen LogP contribution in [-0.2, 0) is 9.53 Å². The lowest BCUT2D eigenvalue weighted by Crippen LogP contribution is -2.28. The van der Waals surface area contributed by atoms with E-state index in [0.29, 0.717) is 26.1 Å². The van der Waals surface area contributed by atoms with E-state index in [0.717, 1.165) is 12.1 Å². The number of rotatable bonds is 3. The molecule has 1 amide bonds. The maximum absolute atomic E-state index is 14.0. The van der Waals surface area contributed by atoms with Gasteiger partial charge in [-0.25, -0.2) is 8.78 Å². The average molecular weight is 313 g/mol. The molecule has 1 heterocycles. The van der Waals surface area contributed by atoms with Crippen LogP contribution in [0.25, 0.3) is 0 Å². The fourth-order valence-corrected chi connectivity index (χ4v) is 2.24. The summed E-state index contributed by atoms with van der Waals surface area (Å²) in [6, 6.07) is 2.14. The van der Waals surface area contributed by atoms with Gasteiger partial charge in [0.2, 0.25) is 5.91 Å². The lowest BCUT2D eigenvalue weighted by Gasteiger charge is -2.23. The topological polar surface area (TPSA) is 47.6 Å². The molecule has 0 saturated carbocycles. The fourth-order valence-electron chi connectivity index (χ4n) is 2.24. The number of carbonyl (C=O) groups is 1. The summed E-state index contributed by atoms with van der Waals surface area (Å²) in [5, 5.41) is 2.55. The number of hydrogen-bond acceptors (Lipinski definition) is 3. The minimum absolute atomic E-state index is 0.0905. The first kappa shape index (κ1) is 16.7. The van der Waals surface area contributed by atoms with Gasteiger partial charge in [-0.05, 0) is 33.6 Å². The molecule has 0 aliphatic carbocycles. The van der Waals surface area contributed by atoms with Crippen molar-refractivity contribution in [1.29, 1.82) is 0 Å². The van der Waals surface area contributed by atoms with E-state index in [4.69, 9.17) is 9.47 Å². The number of benzene rings is 1. The third kappa shape index (κ3) is 4.40. The highest BCUT2D eigenvalue weighted by molar-refractivity contribution is 5.92. The van der Waals surface area contributed by atoms with E-state index in [2.05, 4.69) is 5.32 Å². The molecule has 2 rings (SSSR count). The van der Waals surface area contributed by atoms with Crippen LogP contribution >= 0.6 is 0 Å². The van der Waals surface area contributed by atoms with Crippen LogP contribution < -0.4 is 10.1 Å². The van der Waals surface area contributed by atoms with Crippen molar-refractivity contribution in [1.82, 2.24) is 0 Å². The Morgan fingerprint density at radius 1 is 1.23 bits per heavy atom. The van der Waals surface area contributed by atoms with Gasteiger partial charge < -0.3 is 14.8 Å². The molecule has 1 aliphatic rings.